The molecule has 1 N–H and O–H groups in total. The first-order valence-corrected chi connectivity index (χ1v) is 6.28. The van der Waals surface area contributed by atoms with Crippen LogP contribution in [0.4, 0.5) is 0 Å². The van der Waals surface area contributed by atoms with Crippen LogP contribution in [-0.4, -0.2) is 55.5 Å². The summed E-state index contributed by atoms with van der Waals surface area (Å²) in [6.45, 7) is 1.66. The molecule has 1 aliphatic carbocycles. The molecule has 0 radical (unpaired) electrons. The zero-order chi connectivity index (χ0) is 12.2. The predicted molar refractivity (Wildman–Crippen MR) is 69.5 cm³/mol. The van der Waals surface area contributed by atoms with Crippen molar-refractivity contribution in [3.05, 3.63) is 0 Å². The quantitative estimate of drug-likeness (QED) is 0.702. The first-order chi connectivity index (χ1) is 7.52. The minimum atomic E-state index is -0.413. The Hall–Kier alpha value is -0.260. The number of nitrogens with one attached hydrogen (secondary N) is 1. The Morgan fingerprint density at radius 1 is 1.25 bits per heavy atom. The molecule has 0 heterocycles. The molecule has 1 fully saturated rings. The van der Waals surface area contributed by atoms with Gasteiger partial charge >= 0.3 is 0 Å². The fourth-order valence-electron chi connectivity index (χ4n) is 2.17. The molecule has 0 bridgehead atoms. The lowest BCUT2D eigenvalue weighted by molar-refractivity contribution is -0.136. The van der Waals surface area contributed by atoms with Gasteiger partial charge in [0, 0.05) is 20.1 Å². The molecular weight excluding hydrogens is 222 g/mol. The van der Waals surface area contributed by atoms with Crippen LogP contribution in [0.2, 0.25) is 0 Å². The molecule has 0 atom stereocenters. The maximum Gasteiger partial charge on any atom is 0.243 e. The molecule has 1 saturated carbocycles. The second kappa shape index (κ2) is 5.89. The minimum Gasteiger partial charge on any atom is -0.343 e. The number of hydrogen-bond acceptors (Lipinski definition) is 4. The summed E-state index contributed by atoms with van der Waals surface area (Å²) in [5.41, 5.74) is -0.413. The summed E-state index contributed by atoms with van der Waals surface area (Å²) in [5, 5.41) is 0. The van der Waals surface area contributed by atoms with E-state index in [9.17, 15) is 4.79 Å². The van der Waals surface area contributed by atoms with Gasteiger partial charge < -0.3 is 9.80 Å². The molecule has 94 valence electrons. The van der Waals surface area contributed by atoms with E-state index in [1.54, 1.807) is 0 Å². The van der Waals surface area contributed by atoms with E-state index in [2.05, 4.69) is 22.4 Å². The molecule has 1 aliphatic rings. The van der Waals surface area contributed by atoms with Crippen LogP contribution in [0, 0.1) is 0 Å². The van der Waals surface area contributed by atoms with E-state index in [1.165, 1.54) is 0 Å². The summed E-state index contributed by atoms with van der Waals surface area (Å²) < 4.78 is 2.94. The number of carbonyl (C=O) groups is 1. The van der Waals surface area contributed by atoms with Crippen molar-refractivity contribution in [1.29, 1.82) is 0 Å². The van der Waals surface area contributed by atoms with Crippen LogP contribution in [-0.2, 0) is 4.79 Å². The van der Waals surface area contributed by atoms with Crippen molar-refractivity contribution < 1.29 is 4.79 Å². The summed E-state index contributed by atoms with van der Waals surface area (Å²) >= 11 is 4.14. The van der Waals surface area contributed by atoms with Crippen LogP contribution in [0.25, 0.3) is 0 Å². The Labute approximate surface area is 104 Å². The first-order valence-electron chi connectivity index (χ1n) is 5.83. The number of thiol groups is 1. The van der Waals surface area contributed by atoms with Crippen LogP contribution < -0.4 is 4.72 Å². The smallest absolute Gasteiger partial charge is 0.243 e. The highest BCUT2D eigenvalue weighted by Crippen LogP contribution is 2.31. The highest BCUT2D eigenvalue weighted by Gasteiger charge is 2.41. The summed E-state index contributed by atoms with van der Waals surface area (Å²) in [6.07, 6.45) is 4.03. The van der Waals surface area contributed by atoms with Crippen LogP contribution in [0.3, 0.4) is 0 Å². The highest BCUT2D eigenvalue weighted by atomic mass is 32.1. The van der Waals surface area contributed by atoms with Gasteiger partial charge in [-0.25, -0.2) is 0 Å². The summed E-state index contributed by atoms with van der Waals surface area (Å²) in [7, 11) is 5.90. The highest BCUT2D eigenvalue weighted by molar-refractivity contribution is 7.78. The van der Waals surface area contributed by atoms with Crippen molar-refractivity contribution in [3.8, 4) is 0 Å². The maximum atomic E-state index is 12.3. The third-order valence-corrected chi connectivity index (χ3v) is 3.74. The molecule has 1 rings (SSSR count). The molecule has 0 saturated heterocycles. The second-order valence-electron chi connectivity index (χ2n) is 4.93. The molecule has 0 spiro atoms. The number of nitrogens with zero attached hydrogens (tertiary/aromatic N) is 2. The molecule has 0 aromatic rings. The van der Waals surface area contributed by atoms with Gasteiger partial charge in [-0.15, -0.1) is 0 Å². The van der Waals surface area contributed by atoms with Crippen molar-refractivity contribution >= 4 is 18.7 Å². The van der Waals surface area contributed by atoms with E-state index in [0.29, 0.717) is 0 Å². The second-order valence-corrected chi connectivity index (χ2v) is 5.15. The Morgan fingerprint density at radius 2 is 1.81 bits per heavy atom. The average Bonchev–Trinajstić information content (AvgIpc) is 2.74. The lowest BCUT2D eigenvalue weighted by Gasteiger charge is -2.32. The lowest BCUT2D eigenvalue weighted by atomic mass is 9.97. The van der Waals surface area contributed by atoms with E-state index in [1.807, 2.05) is 26.0 Å². The van der Waals surface area contributed by atoms with Crippen LogP contribution in [0.1, 0.15) is 25.7 Å². The van der Waals surface area contributed by atoms with Crippen molar-refractivity contribution in [1.82, 2.24) is 14.5 Å². The fourth-order valence-corrected chi connectivity index (χ4v) is 2.49. The van der Waals surface area contributed by atoms with Gasteiger partial charge in [-0.2, -0.15) is 0 Å². The summed E-state index contributed by atoms with van der Waals surface area (Å²) in [6, 6.07) is 0. The Kier molecular flexibility index (Phi) is 5.08. The predicted octanol–water partition coefficient (Wildman–Crippen LogP) is 0.754. The number of hydrogen-bond donors (Lipinski definition) is 2. The molecule has 5 heteroatoms. The van der Waals surface area contributed by atoms with Gasteiger partial charge in [0.25, 0.3) is 0 Å². The van der Waals surface area contributed by atoms with E-state index in [-0.39, 0.29) is 5.91 Å². The van der Waals surface area contributed by atoms with Crippen LogP contribution in [0.5, 0.6) is 0 Å². The number of amides is 1. The Balaban J connectivity index is 2.54. The SMILES string of the molecule is CN(C)CCN(C)C(=O)C1(NS)CCCC1. The summed E-state index contributed by atoms with van der Waals surface area (Å²) in [4.78, 5) is 16.2. The summed E-state index contributed by atoms with van der Waals surface area (Å²) in [5.74, 6) is 0.182. The first kappa shape index (κ1) is 13.8. The number of carbonyl (C=O) groups excluding carboxylic acids is 1. The lowest BCUT2D eigenvalue weighted by Crippen LogP contribution is -2.53. The minimum absolute atomic E-state index is 0.182. The van der Waals surface area contributed by atoms with Gasteiger partial charge in [0.05, 0.1) is 0 Å². The molecule has 0 unspecified atom stereocenters. The van der Waals surface area contributed by atoms with E-state index >= 15 is 0 Å². The monoisotopic (exact) mass is 245 g/mol. The van der Waals surface area contributed by atoms with Crippen molar-refractivity contribution in [3.63, 3.8) is 0 Å². The molecule has 1 amide bonds. The van der Waals surface area contributed by atoms with Crippen LogP contribution >= 0.6 is 12.8 Å². The van der Waals surface area contributed by atoms with Crippen molar-refractivity contribution in [2.45, 2.75) is 31.2 Å². The number of rotatable bonds is 5. The molecule has 0 aliphatic heterocycles. The Morgan fingerprint density at radius 3 is 2.25 bits per heavy atom. The molecular formula is C11H23N3OS. The molecule has 16 heavy (non-hydrogen) atoms. The zero-order valence-electron chi connectivity index (χ0n) is 10.5. The largest absolute Gasteiger partial charge is 0.343 e. The standard InChI is InChI=1S/C11H23N3OS/c1-13(2)8-9-14(3)10(15)11(12-16)6-4-5-7-11/h12,16H,4-9H2,1-3H3. The zero-order valence-corrected chi connectivity index (χ0v) is 11.4. The maximum absolute atomic E-state index is 12.3. The van der Waals surface area contributed by atoms with Gasteiger partial charge in [0.2, 0.25) is 5.91 Å². The normalized spacial score (nSPS) is 19.1. The van der Waals surface area contributed by atoms with Gasteiger partial charge in [0.1, 0.15) is 5.54 Å². The Bertz CT molecular complexity index is 239. The van der Waals surface area contributed by atoms with Gasteiger partial charge in [-0.1, -0.05) is 25.7 Å². The third kappa shape index (κ3) is 3.12. The molecule has 0 aromatic heterocycles. The fraction of sp³-hybridized carbons (Fsp3) is 0.909. The van der Waals surface area contributed by atoms with Gasteiger partial charge in [-0.05, 0) is 26.9 Å². The third-order valence-electron chi connectivity index (χ3n) is 3.31. The molecule has 0 aromatic carbocycles. The van der Waals surface area contributed by atoms with E-state index in [4.69, 9.17) is 0 Å². The van der Waals surface area contributed by atoms with Crippen LogP contribution in [0.15, 0.2) is 0 Å². The van der Waals surface area contributed by atoms with Gasteiger partial charge in [-0.3, -0.25) is 9.52 Å². The number of likely N-dealkylation sites (N-methyl/N-ethyl adjacent to an activating group) is 2. The topological polar surface area (TPSA) is 35.6 Å². The molecule has 4 nitrogen and oxygen atoms in total. The van der Waals surface area contributed by atoms with E-state index < -0.39 is 5.54 Å². The van der Waals surface area contributed by atoms with Crippen molar-refractivity contribution in [2.24, 2.45) is 0 Å². The average molecular weight is 245 g/mol. The van der Waals surface area contributed by atoms with Gasteiger partial charge in [0.15, 0.2) is 0 Å². The van der Waals surface area contributed by atoms with E-state index in [0.717, 1.165) is 38.8 Å². The van der Waals surface area contributed by atoms with Crippen molar-refractivity contribution in [2.75, 3.05) is 34.2 Å².